The second-order valence-corrected chi connectivity index (χ2v) is 5.59. The summed E-state index contributed by atoms with van der Waals surface area (Å²) in [5.41, 5.74) is 7.23. The Balaban J connectivity index is 1.75. The molecule has 2 atom stereocenters. The fourth-order valence-electron chi connectivity index (χ4n) is 3.14. The van der Waals surface area contributed by atoms with Crippen molar-refractivity contribution >= 4 is 0 Å². The molecular formula is C16H24N2O3. The number of ether oxygens (including phenoxy) is 3. The summed E-state index contributed by atoms with van der Waals surface area (Å²) in [7, 11) is 0. The molecular weight excluding hydrogens is 268 g/mol. The van der Waals surface area contributed by atoms with Gasteiger partial charge in [-0.3, -0.25) is 4.90 Å². The van der Waals surface area contributed by atoms with Gasteiger partial charge in [0.25, 0.3) is 0 Å². The van der Waals surface area contributed by atoms with Crippen molar-refractivity contribution in [3.63, 3.8) is 0 Å². The summed E-state index contributed by atoms with van der Waals surface area (Å²) in [6.45, 7) is 5.84. The summed E-state index contributed by atoms with van der Waals surface area (Å²) in [6.07, 6.45) is 2.65. The normalized spacial score (nSPS) is 22.0. The SMILES string of the molecule is CCN(CC1CCCO1)C(CN)c1ccc2c(c1)OCO2. The third-order valence-corrected chi connectivity index (χ3v) is 4.31. The van der Waals surface area contributed by atoms with Crippen molar-refractivity contribution in [3.05, 3.63) is 23.8 Å². The molecule has 2 aliphatic rings. The Labute approximate surface area is 126 Å². The second kappa shape index (κ2) is 6.64. The first-order valence-corrected chi connectivity index (χ1v) is 7.77. The van der Waals surface area contributed by atoms with E-state index in [2.05, 4.69) is 24.0 Å². The molecule has 2 heterocycles. The van der Waals surface area contributed by atoms with Crippen LogP contribution in [0.3, 0.4) is 0 Å². The Hall–Kier alpha value is -1.30. The van der Waals surface area contributed by atoms with Crippen molar-refractivity contribution in [2.45, 2.75) is 31.9 Å². The standard InChI is InChI=1S/C16H24N2O3/c1-2-18(10-13-4-3-7-19-13)14(9-17)12-5-6-15-16(8-12)21-11-20-15/h5-6,8,13-14H,2-4,7,9-11,17H2,1H3. The van der Waals surface area contributed by atoms with Crippen LogP contribution in [0.4, 0.5) is 0 Å². The van der Waals surface area contributed by atoms with Crippen molar-refractivity contribution in [1.29, 1.82) is 0 Å². The lowest BCUT2D eigenvalue weighted by Crippen LogP contribution is -2.38. The summed E-state index contributed by atoms with van der Waals surface area (Å²) < 4.78 is 16.6. The molecule has 3 rings (SSSR count). The number of nitrogens with two attached hydrogens (primary N) is 1. The lowest BCUT2D eigenvalue weighted by Gasteiger charge is -2.32. The molecule has 0 radical (unpaired) electrons. The smallest absolute Gasteiger partial charge is 0.231 e. The summed E-state index contributed by atoms with van der Waals surface area (Å²) in [5, 5.41) is 0. The maximum Gasteiger partial charge on any atom is 0.231 e. The molecule has 2 aliphatic heterocycles. The van der Waals surface area contributed by atoms with Crippen molar-refractivity contribution in [1.82, 2.24) is 4.90 Å². The van der Waals surface area contributed by atoms with E-state index in [1.165, 1.54) is 12.0 Å². The summed E-state index contributed by atoms with van der Waals surface area (Å²) in [6, 6.07) is 6.30. The van der Waals surface area contributed by atoms with Crippen LogP contribution in [0.1, 0.15) is 31.4 Å². The minimum Gasteiger partial charge on any atom is -0.454 e. The summed E-state index contributed by atoms with van der Waals surface area (Å²) in [4.78, 5) is 2.40. The van der Waals surface area contributed by atoms with Gasteiger partial charge in [-0.25, -0.2) is 0 Å². The second-order valence-electron chi connectivity index (χ2n) is 5.59. The Bertz CT molecular complexity index is 475. The van der Waals surface area contributed by atoms with Gasteiger partial charge in [0.1, 0.15) is 0 Å². The monoisotopic (exact) mass is 292 g/mol. The van der Waals surface area contributed by atoms with E-state index in [0.29, 0.717) is 19.4 Å². The number of rotatable bonds is 6. The molecule has 2 unspecified atom stereocenters. The highest BCUT2D eigenvalue weighted by Gasteiger charge is 2.25. The highest BCUT2D eigenvalue weighted by molar-refractivity contribution is 5.45. The molecule has 2 N–H and O–H groups in total. The lowest BCUT2D eigenvalue weighted by molar-refractivity contribution is 0.0601. The van der Waals surface area contributed by atoms with E-state index in [1.807, 2.05) is 6.07 Å². The van der Waals surface area contributed by atoms with Gasteiger partial charge in [0, 0.05) is 25.7 Å². The van der Waals surface area contributed by atoms with Crippen LogP contribution in [0, 0.1) is 0 Å². The Kier molecular flexibility index (Phi) is 4.63. The van der Waals surface area contributed by atoms with Crippen LogP contribution in [0.5, 0.6) is 11.5 Å². The zero-order valence-electron chi connectivity index (χ0n) is 12.6. The van der Waals surface area contributed by atoms with Crippen molar-refractivity contribution in [2.24, 2.45) is 5.73 Å². The largest absolute Gasteiger partial charge is 0.454 e. The van der Waals surface area contributed by atoms with Crippen LogP contribution in [0.2, 0.25) is 0 Å². The molecule has 1 aromatic carbocycles. The van der Waals surface area contributed by atoms with Crippen LogP contribution >= 0.6 is 0 Å². The molecule has 1 fully saturated rings. The fourth-order valence-corrected chi connectivity index (χ4v) is 3.14. The first kappa shape index (κ1) is 14.6. The van der Waals surface area contributed by atoms with Gasteiger partial charge in [-0.2, -0.15) is 0 Å². The van der Waals surface area contributed by atoms with Gasteiger partial charge in [0.05, 0.1) is 6.10 Å². The van der Waals surface area contributed by atoms with E-state index in [-0.39, 0.29) is 6.04 Å². The van der Waals surface area contributed by atoms with Gasteiger partial charge in [-0.1, -0.05) is 13.0 Å². The van der Waals surface area contributed by atoms with E-state index in [0.717, 1.165) is 37.6 Å². The number of nitrogens with zero attached hydrogens (tertiary/aromatic N) is 1. The molecule has 0 bridgehead atoms. The van der Waals surface area contributed by atoms with Crippen LogP contribution in [0.25, 0.3) is 0 Å². The summed E-state index contributed by atoms with van der Waals surface area (Å²) >= 11 is 0. The van der Waals surface area contributed by atoms with Gasteiger partial charge >= 0.3 is 0 Å². The molecule has 116 valence electrons. The maximum absolute atomic E-state index is 6.05. The minimum absolute atomic E-state index is 0.189. The Morgan fingerprint density at radius 2 is 2.19 bits per heavy atom. The third-order valence-electron chi connectivity index (χ3n) is 4.31. The molecule has 1 saturated heterocycles. The van der Waals surface area contributed by atoms with Crippen LogP contribution in [0.15, 0.2) is 18.2 Å². The first-order valence-electron chi connectivity index (χ1n) is 7.77. The number of hydrogen-bond acceptors (Lipinski definition) is 5. The number of likely N-dealkylation sites (N-methyl/N-ethyl adjacent to an activating group) is 1. The van der Waals surface area contributed by atoms with Gasteiger partial charge in [0.2, 0.25) is 6.79 Å². The molecule has 5 heteroatoms. The predicted molar refractivity (Wildman–Crippen MR) is 80.6 cm³/mol. The molecule has 0 aliphatic carbocycles. The van der Waals surface area contributed by atoms with Crippen LogP contribution < -0.4 is 15.2 Å². The predicted octanol–water partition coefficient (Wildman–Crippen LogP) is 1.92. The number of benzene rings is 1. The van der Waals surface area contributed by atoms with Crippen molar-refractivity contribution in [3.8, 4) is 11.5 Å². The van der Waals surface area contributed by atoms with E-state index < -0.39 is 0 Å². The fraction of sp³-hybridized carbons (Fsp3) is 0.625. The van der Waals surface area contributed by atoms with E-state index in [4.69, 9.17) is 19.9 Å². The average molecular weight is 292 g/mol. The quantitative estimate of drug-likeness (QED) is 0.868. The van der Waals surface area contributed by atoms with E-state index >= 15 is 0 Å². The molecule has 0 amide bonds. The summed E-state index contributed by atoms with van der Waals surface area (Å²) in [5.74, 6) is 1.64. The molecule has 1 aromatic rings. The first-order chi connectivity index (χ1) is 10.3. The maximum atomic E-state index is 6.05. The number of fused-ring (bicyclic) bond motifs is 1. The molecule has 0 spiro atoms. The van der Waals surface area contributed by atoms with Crippen molar-refractivity contribution < 1.29 is 14.2 Å². The molecule has 0 aromatic heterocycles. The van der Waals surface area contributed by atoms with E-state index in [1.54, 1.807) is 0 Å². The van der Waals surface area contributed by atoms with E-state index in [9.17, 15) is 0 Å². The van der Waals surface area contributed by atoms with Crippen LogP contribution in [-0.2, 0) is 4.74 Å². The van der Waals surface area contributed by atoms with Crippen molar-refractivity contribution in [2.75, 3.05) is 33.0 Å². The zero-order chi connectivity index (χ0) is 14.7. The molecule has 21 heavy (non-hydrogen) atoms. The Morgan fingerprint density at radius 1 is 1.33 bits per heavy atom. The molecule has 0 saturated carbocycles. The highest BCUT2D eigenvalue weighted by Crippen LogP contribution is 2.35. The van der Waals surface area contributed by atoms with Gasteiger partial charge in [-0.05, 0) is 37.1 Å². The topological polar surface area (TPSA) is 57.0 Å². The minimum atomic E-state index is 0.189. The van der Waals surface area contributed by atoms with Crippen LogP contribution in [-0.4, -0.2) is 44.0 Å². The van der Waals surface area contributed by atoms with Gasteiger partial charge in [0.15, 0.2) is 11.5 Å². The number of hydrogen-bond donors (Lipinski definition) is 1. The third kappa shape index (κ3) is 3.15. The highest BCUT2D eigenvalue weighted by atomic mass is 16.7. The Morgan fingerprint density at radius 3 is 2.90 bits per heavy atom. The lowest BCUT2D eigenvalue weighted by atomic mass is 10.0. The average Bonchev–Trinajstić information content (AvgIpc) is 3.17. The van der Waals surface area contributed by atoms with Gasteiger partial charge < -0.3 is 19.9 Å². The molecule has 5 nitrogen and oxygen atoms in total. The zero-order valence-corrected chi connectivity index (χ0v) is 12.6. The van der Waals surface area contributed by atoms with Gasteiger partial charge in [-0.15, -0.1) is 0 Å².